The van der Waals surface area contributed by atoms with Crippen molar-refractivity contribution in [2.45, 2.75) is 65.0 Å². The Bertz CT molecular complexity index is 223. The number of halogens is 1. The number of amides is 1. The third-order valence-corrected chi connectivity index (χ3v) is 3.30. The third kappa shape index (κ3) is 6.89. The van der Waals surface area contributed by atoms with E-state index in [1.165, 1.54) is 6.42 Å². The first kappa shape index (κ1) is 16.7. The molecule has 0 aliphatic carbocycles. The minimum atomic E-state index is 0. The van der Waals surface area contributed by atoms with E-state index in [2.05, 4.69) is 31.4 Å². The van der Waals surface area contributed by atoms with Crippen molar-refractivity contribution in [1.29, 1.82) is 0 Å². The van der Waals surface area contributed by atoms with Crippen molar-refractivity contribution in [2.75, 3.05) is 6.54 Å². The Hall–Kier alpha value is -0.280. The van der Waals surface area contributed by atoms with E-state index in [9.17, 15) is 4.79 Å². The Balaban J connectivity index is 0.00000256. The molecule has 1 aliphatic heterocycles. The minimum Gasteiger partial charge on any atom is -0.353 e. The zero-order valence-electron chi connectivity index (χ0n) is 11.3. The molecule has 0 aromatic heterocycles. The van der Waals surface area contributed by atoms with E-state index in [0.717, 1.165) is 25.8 Å². The molecule has 3 atom stereocenters. The number of hydrogen-bond acceptors (Lipinski definition) is 2. The highest BCUT2D eigenvalue weighted by atomic mass is 35.5. The number of carbonyl (C=O) groups excluding carboxylic acids is 1. The first-order valence-electron chi connectivity index (χ1n) is 6.64. The van der Waals surface area contributed by atoms with Crippen LogP contribution < -0.4 is 10.6 Å². The van der Waals surface area contributed by atoms with Gasteiger partial charge >= 0.3 is 0 Å². The molecule has 17 heavy (non-hydrogen) atoms. The molecular formula is C13H27ClN2O. The van der Waals surface area contributed by atoms with Gasteiger partial charge in [-0.3, -0.25) is 4.79 Å². The summed E-state index contributed by atoms with van der Waals surface area (Å²) in [5.41, 5.74) is 0. The van der Waals surface area contributed by atoms with Gasteiger partial charge < -0.3 is 10.6 Å². The molecule has 0 radical (unpaired) electrons. The molecule has 1 saturated heterocycles. The molecule has 1 aliphatic rings. The number of carbonyl (C=O) groups is 1. The van der Waals surface area contributed by atoms with Crippen LogP contribution in [0.1, 0.15) is 52.9 Å². The molecule has 3 unspecified atom stereocenters. The summed E-state index contributed by atoms with van der Waals surface area (Å²) < 4.78 is 0. The maximum atomic E-state index is 11.8. The highest BCUT2D eigenvalue weighted by Gasteiger charge is 2.20. The second-order valence-electron chi connectivity index (χ2n) is 5.24. The topological polar surface area (TPSA) is 41.1 Å². The summed E-state index contributed by atoms with van der Waals surface area (Å²) in [4.78, 5) is 11.8. The summed E-state index contributed by atoms with van der Waals surface area (Å²) in [6, 6.07) is 0.921. The molecule has 1 fully saturated rings. The van der Waals surface area contributed by atoms with Gasteiger partial charge in [-0.2, -0.15) is 0 Å². The number of hydrogen-bond donors (Lipinski definition) is 2. The van der Waals surface area contributed by atoms with Crippen LogP contribution in [0, 0.1) is 5.92 Å². The highest BCUT2D eigenvalue weighted by molar-refractivity contribution is 5.85. The monoisotopic (exact) mass is 262 g/mol. The van der Waals surface area contributed by atoms with Crippen LogP contribution in [0.2, 0.25) is 0 Å². The highest BCUT2D eigenvalue weighted by Crippen LogP contribution is 2.12. The van der Waals surface area contributed by atoms with Crippen LogP contribution in [0.3, 0.4) is 0 Å². The van der Waals surface area contributed by atoms with Crippen LogP contribution in [0.5, 0.6) is 0 Å². The average Bonchev–Trinajstić information content (AvgIpc) is 2.17. The summed E-state index contributed by atoms with van der Waals surface area (Å²) in [6.07, 6.45) is 5.13. The van der Waals surface area contributed by atoms with E-state index in [0.29, 0.717) is 24.4 Å². The molecule has 0 saturated carbocycles. The van der Waals surface area contributed by atoms with Gasteiger partial charge in [0.25, 0.3) is 0 Å². The predicted molar refractivity (Wildman–Crippen MR) is 74.6 cm³/mol. The van der Waals surface area contributed by atoms with Crippen molar-refractivity contribution < 1.29 is 4.79 Å². The molecule has 1 heterocycles. The van der Waals surface area contributed by atoms with Crippen molar-refractivity contribution in [3.8, 4) is 0 Å². The first-order valence-corrected chi connectivity index (χ1v) is 6.64. The van der Waals surface area contributed by atoms with Crippen LogP contribution in [0.15, 0.2) is 0 Å². The van der Waals surface area contributed by atoms with Gasteiger partial charge in [0.05, 0.1) is 0 Å². The Kier molecular flexibility index (Phi) is 8.61. The Labute approximate surface area is 112 Å². The quantitative estimate of drug-likeness (QED) is 0.799. The first-order chi connectivity index (χ1) is 7.61. The minimum absolute atomic E-state index is 0. The maximum Gasteiger partial charge on any atom is 0.220 e. The van der Waals surface area contributed by atoms with Gasteiger partial charge in [-0.1, -0.05) is 26.7 Å². The fourth-order valence-corrected chi connectivity index (χ4v) is 2.46. The van der Waals surface area contributed by atoms with Crippen molar-refractivity contribution in [2.24, 2.45) is 5.92 Å². The van der Waals surface area contributed by atoms with Crippen LogP contribution in [0.25, 0.3) is 0 Å². The lowest BCUT2D eigenvalue weighted by Crippen LogP contribution is -2.46. The van der Waals surface area contributed by atoms with E-state index in [1.807, 2.05) is 0 Å². The molecule has 0 spiro atoms. The summed E-state index contributed by atoms with van der Waals surface area (Å²) >= 11 is 0. The Morgan fingerprint density at radius 1 is 1.53 bits per heavy atom. The largest absolute Gasteiger partial charge is 0.353 e. The molecule has 0 aromatic carbocycles. The maximum absolute atomic E-state index is 11.8. The summed E-state index contributed by atoms with van der Waals surface area (Å²) in [6.45, 7) is 7.53. The molecular weight excluding hydrogens is 236 g/mol. The molecule has 3 nitrogen and oxygen atoms in total. The zero-order chi connectivity index (χ0) is 12.0. The lowest BCUT2D eigenvalue weighted by atomic mass is 9.98. The number of rotatable bonds is 5. The second-order valence-corrected chi connectivity index (χ2v) is 5.24. The zero-order valence-corrected chi connectivity index (χ0v) is 12.1. The normalized spacial score (nSPS) is 25.8. The smallest absolute Gasteiger partial charge is 0.220 e. The fraction of sp³-hybridized carbons (Fsp3) is 0.923. The predicted octanol–water partition coefficient (Wildman–Crippen LogP) is 2.49. The van der Waals surface area contributed by atoms with Gasteiger partial charge in [0.2, 0.25) is 5.91 Å². The van der Waals surface area contributed by atoms with E-state index in [4.69, 9.17) is 0 Å². The molecule has 102 valence electrons. The van der Waals surface area contributed by atoms with Gasteiger partial charge in [-0.25, -0.2) is 0 Å². The lowest BCUT2D eigenvalue weighted by Gasteiger charge is -2.29. The molecule has 0 aromatic rings. The van der Waals surface area contributed by atoms with E-state index >= 15 is 0 Å². The SMILES string of the molecule is CCCC(C)CC(=O)NC1CCNC(C)C1.Cl. The van der Waals surface area contributed by atoms with E-state index in [-0.39, 0.29) is 18.3 Å². The van der Waals surface area contributed by atoms with Crippen LogP contribution in [0.4, 0.5) is 0 Å². The number of piperidine rings is 1. The number of nitrogens with one attached hydrogen (secondary N) is 2. The van der Waals surface area contributed by atoms with Crippen LogP contribution >= 0.6 is 12.4 Å². The van der Waals surface area contributed by atoms with Crippen LogP contribution in [-0.4, -0.2) is 24.5 Å². The van der Waals surface area contributed by atoms with Crippen molar-refractivity contribution in [3.63, 3.8) is 0 Å². The molecule has 2 N–H and O–H groups in total. The summed E-state index contributed by atoms with van der Waals surface area (Å²) in [7, 11) is 0. The fourth-order valence-electron chi connectivity index (χ4n) is 2.46. The van der Waals surface area contributed by atoms with Crippen LogP contribution in [-0.2, 0) is 4.79 Å². The van der Waals surface area contributed by atoms with Gasteiger partial charge in [0, 0.05) is 18.5 Å². The summed E-state index contributed by atoms with van der Waals surface area (Å²) in [5.74, 6) is 0.754. The van der Waals surface area contributed by atoms with Crippen molar-refractivity contribution in [1.82, 2.24) is 10.6 Å². The van der Waals surface area contributed by atoms with Gasteiger partial charge in [0.15, 0.2) is 0 Å². The average molecular weight is 263 g/mol. The standard InChI is InChI=1S/C13H26N2O.ClH/c1-4-5-10(2)8-13(16)15-12-6-7-14-11(3)9-12;/h10-12,14H,4-9H2,1-3H3,(H,15,16);1H. The van der Waals surface area contributed by atoms with E-state index < -0.39 is 0 Å². The third-order valence-electron chi connectivity index (χ3n) is 3.30. The molecule has 1 rings (SSSR count). The molecule has 1 amide bonds. The van der Waals surface area contributed by atoms with Gasteiger partial charge in [-0.05, 0) is 32.2 Å². The Morgan fingerprint density at radius 2 is 2.24 bits per heavy atom. The lowest BCUT2D eigenvalue weighted by molar-refractivity contribution is -0.122. The Morgan fingerprint density at radius 3 is 2.82 bits per heavy atom. The van der Waals surface area contributed by atoms with Gasteiger partial charge in [0.1, 0.15) is 0 Å². The molecule has 4 heteroatoms. The summed E-state index contributed by atoms with van der Waals surface area (Å²) in [5, 5.41) is 6.55. The second kappa shape index (κ2) is 8.76. The van der Waals surface area contributed by atoms with Gasteiger partial charge in [-0.15, -0.1) is 12.4 Å². The molecule has 0 bridgehead atoms. The van der Waals surface area contributed by atoms with E-state index in [1.54, 1.807) is 0 Å². The van der Waals surface area contributed by atoms with Crippen molar-refractivity contribution in [3.05, 3.63) is 0 Å². The van der Waals surface area contributed by atoms with Crippen molar-refractivity contribution >= 4 is 18.3 Å².